The third-order valence-corrected chi connectivity index (χ3v) is 4.87. The van der Waals surface area contributed by atoms with Gasteiger partial charge in [-0.05, 0) is 24.6 Å². The summed E-state index contributed by atoms with van der Waals surface area (Å²) in [5.74, 6) is -0.296. The number of amides is 1. The molecule has 0 spiro atoms. The highest BCUT2D eigenvalue weighted by atomic mass is 35.5. The number of para-hydroxylation sites is 1. The number of halogens is 1. The Morgan fingerprint density at radius 3 is 2.82 bits per heavy atom. The number of carbonyl (C=O) groups excluding carboxylic acids is 1. The van der Waals surface area contributed by atoms with Crippen LogP contribution in [0.15, 0.2) is 35.4 Å². The van der Waals surface area contributed by atoms with Crippen molar-refractivity contribution < 1.29 is 4.79 Å². The van der Waals surface area contributed by atoms with Crippen LogP contribution < -0.4 is 10.9 Å². The Balaban J connectivity index is 2.05. The van der Waals surface area contributed by atoms with Crippen LogP contribution in [0, 0.1) is 6.92 Å². The number of nitrogens with zero attached hydrogens (tertiary/aromatic N) is 2. The first-order chi connectivity index (χ1) is 10.5. The van der Waals surface area contributed by atoms with Gasteiger partial charge in [0.1, 0.15) is 4.83 Å². The van der Waals surface area contributed by atoms with Crippen molar-refractivity contribution in [3.05, 3.63) is 56.4 Å². The number of thiophene rings is 1. The van der Waals surface area contributed by atoms with E-state index in [4.69, 9.17) is 11.6 Å². The summed E-state index contributed by atoms with van der Waals surface area (Å²) in [5, 5.41) is 3.71. The molecule has 7 heteroatoms. The summed E-state index contributed by atoms with van der Waals surface area (Å²) >= 11 is 7.24. The first-order valence-corrected chi connectivity index (χ1v) is 7.69. The molecule has 112 valence electrons. The van der Waals surface area contributed by atoms with E-state index >= 15 is 0 Å². The van der Waals surface area contributed by atoms with Crippen molar-refractivity contribution in [3.63, 3.8) is 0 Å². The van der Waals surface area contributed by atoms with Gasteiger partial charge in [0.15, 0.2) is 0 Å². The van der Waals surface area contributed by atoms with Crippen LogP contribution in [0.3, 0.4) is 0 Å². The van der Waals surface area contributed by atoms with Gasteiger partial charge in [0.25, 0.3) is 11.5 Å². The number of nitrogens with one attached hydrogen (secondary N) is 1. The molecule has 0 bridgehead atoms. The zero-order valence-electron chi connectivity index (χ0n) is 11.9. The summed E-state index contributed by atoms with van der Waals surface area (Å²) in [7, 11) is 1.63. The molecule has 2 aromatic heterocycles. The van der Waals surface area contributed by atoms with Crippen molar-refractivity contribution in [1.82, 2.24) is 9.55 Å². The van der Waals surface area contributed by atoms with Crippen LogP contribution in [-0.2, 0) is 7.05 Å². The predicted octanol–water partition coefficient (Wildman–Crippen LogP) is 3.21. The molecule has 1 N–H and O–H groups in total. The van der Waals surface area contributed by atoms with Crippen molar-refractivity contribution in [2.75, 3.05) is 5.32 Å². The molecule has 0 aliphatic rings. The number of carbonyl (C=O) groups is 1. The Morgan fingerprint density at radius 2 is 2.09 bits per heavy atom. The summed E-state index contributed by atoms with van der Waals surface area (Å²) in [4.78, 5) is 29.9. The molecule has 0 aliphatic carbocycles. The van der Waals surface area contributed by atoms with E-state index in [-0.39, 0.29) is 11.5 Å². The van der Waals surface area contributed by atoms with Gasteiger partial charge in [0.05, 0.1) is 27.3 Å². The van der Waals surface area contributed by atoms with E-state index in [1.807, 2.05) is 0 Å². The molecular formula is C15H12ClN3O2S. The SMILES string of the molecule is Cc1c(C(=O)Nc2ccccc2Cl)sc2ncn(C)c(=O)c12. The number of rotatable bonds is 2. The summed E-state index contributed by atoms with van der Waals surface area (Å²) in [5.41, 5.74) is 1.01. The minimum Gasteiger partial charge on any atom is -0.320 e. The fourth-order valence-electron chi connectivity index (χ4n) is 2.17. The van der Waals surface area contributed by atoms with Gasteiger partial charge in [0, 0.05) is 7.05 Å². The van der Waals surface area contributed by atoms with Crippen LogP contribution in [0.1, 0.15) is 15.2 Å². The third-order valence-electron chi connectivity index (χ3n) is 3.34. The summed E-state index contributed by atoms with van der Waals surface area (Å²) in [6.45, 7) is 1.75. The lowest BCUT2D eigenvalue weighted by Gasteiger charge is -2.06. The Morgan fingerprint density at radius 1 is 1.36 bits per heavy atom. The van der Waals surface area contributed by atoms with Crippen molar-refractivity contribution >= 4 is 44.7 Å². The lowest BCUT2D eigenvalue weighted by molar-refractivity contribution is 0.103. The van der Waals surface area contributed by atoms with E-state index in [0.29, 0.717) is 31.4 Å². The second-order valence-corrected chi connectivity index (χ2v) is 6.24. The Labute approximate surface area is 135 Å². The van der Waals surface area contributed by atoms with Gasteiger partial charge in [-0.3, -0.25) is 9.59 Å². The molecule has 1 amide bonds. The monoisotopic (exact) mass is 333 g/mol. The molecule has 0 aliphatic heterocycles. The van der Waals surface area contributed by atoms with Gasteiger partial charge < -0.3 is 9.88 Å². The largest absolute Gasteiger partial charge is 0.320 e. The average Bonchev–Trinajstić information content (AvgIpc) is 2.83. The molecule has 2 heterocycles. The Bertz CT molecular complexity index is 946. The molecule has 0 unspecified atom stereocenters. The average molecular weight is 334 g/mol. The zero-order valence-corrected chi connectivity index (χ0v) is 13.5. The first-order valence-electron chi connectivity index (χ1n) is 6.49. The summed E-state index contributed by atoms with van der Waals surface area (Å²) in [6.07, 6.45) is 1.45. The van der Waals surface area contributed by atoms with Crippen LogP contribution in [0.4, 0.5) is 5.69 Å². The van der Waals surface area contributed by atoms with Gasteiger partial charge in [-0.1, -0.05) is 23.7 Å². The van der Waals surface area contributed by atoms with E-state index in [1.54, 1.807) is 38.2 Å². The number of benzene rings is 1. The Hall–Kier alpha value is -2.18. The van der Waals surface area contributed by atoms with Gasteiger partial charge in [-0.2, -0.15) is 0 Å². The number of aromatic nitrogens is 2. The topological polar surface area (TPSA) is 64.0 Å². The minimum absolute atomic E-state index is 0.157. The quantitative estimate of drug-likeness (QED) is 0.783. The molecule has 3 aromatic rings. The molecule has 5 nitrogen and oxygen atoms in total. The molecule has 1 aromatic carbocycles. The van der Waals surface area contributed by atoms with Gasteiger partial charge in [0.2, 0.25) is 0 Å². The number of hydrogen-bond donors (Lipinski definition) is 1. The lowest BCUT2D eigenvalue weighted by Crippen LogP contribution is -2.17. The summed E-state index contributed by atoms with van der Waals surface area (Å²) in [6, 6.07) is 7.00. The molecular weight excluding hydrogens is 322 g/mol. The first kappa shape index (κ1) is 14.7. The van der Waals surface area contributed by atoms with Crippen molar-refractivity contribution in [3.8, 4) is 0 Å². The fraction of sp³-hybridized carbons (Fsp3) is 0.133. The molecule has 0 radical (unpaired) electrons. The number of anilines is 1. The van der Waals surface area contributed by atoms with E-state index in [9.17, 15) is 9.59 Å². The van der Waals surface area contributed by atoms with Crippen LogP contribution in [0.5, 0.6) is 0 Å². The molecule has 22 heavy (non-hydrogen) atoms. The lowest BCUT2D eigenvalue weighted by atomic mass is 10.2. The number of fused-ring (bicyclic) bond motifs is 1. The van der Waals surface area contributed by atoms with Crippen molar-refractivity contribution in [2.24, 2.45) is 7.05 Å². The fourth-order valence-corrected chi connectivity index (χ4v) is 3.38. The molecule has 0 atom stereocenters. The van der Waals surface area contributed by atoms with Crippen molar-refractivity contribution in [1.29, 1.82) is 0 Å². The molecule has 0 saturated carbocycles. The van der Waals surface area contributed by atoms with Gasteiger partial charge >= 0.3 is 0 Å². The zero-order chi connectivity index (χ0) is 15.9. The highest BCUT2D eigenvalue weighted by molar-refractivity contribution is 7.20. The highest BCUT2D eigenvalue weighted by Crippen LogP contribution is 2.28. The van der Waals surface area contributed by atoms with Gasteiger partial charge in [-0.25, -0.2) is 4.98 Å². The van der Waals surface area contributed by atoms with Crippen molar-refractivity contribution in [2.45, 2.75) is 6.92 Å². The van der Waals surface area contributed by atoms with Gasteiger partial charge in [-0.15, -0.1) is 11.3 Å². The normalized spacial score (nSPS) is 10.9. The van der Waals surface area contributed by atoms with E-state index < -0.39 is 0 Å². The van der Waals surface area contributed by atoms with E-state index in [0.717, 1.165) is 0 Å². The second kappa shape index (κ2) is 5.55. The number of hydrogen-bond acceptors (Lipinski definition) is 4. The van der Waals surface area contributed by atoms with E-state index in [1.165, 1.54) is 22.2 Å². The van der Waals surface area contributed by atoms with Crippen LogP contribution in [0.25, 0.3) is 10.2 Å². The predicted molar refractivity (Wildman–Crippen MR) is 89.0 cm³/mol. The molecule has 0 fully saturated rings. The third kappa shape index (κ3) is 2.40. The maximum absolute atomic E-state index is 12.5. The second-order valence-electron chi connectivity index (χ2n) is 4.83. The highest BCUT2D eigenvalue weighted by Gasteiger charge is 2.19. The standard InChI is InChI=1S/C15H12ClN3O2S/c1-8-11-14(17-7-19(2)15(11)21)22-12(8)13(20)18-10-6-4-3-5-9(10)16/h3-7H,1-2H3,(H,18,20). The smallest absolute Gasteiger partial charge is 0.266 e. The molecule has 3 rings (SSSR count). The van der Waals surface area contributed by atoms with Crippen LogP contribution in [-0.4, -0.2) is 15.5 Å². The Kier molecular flexibility index (Phi) is 3.72. The van der Waals surface area contributed by atoms with Crippen LogP contribution in [0.2, 0.25) is 5.02 Å². The molecule has 0 saturated heterocycles. The summed E-state index contributed by atoms with van der Waals surface area (Å²) < 4.78 is 1.40. The minimum atomic E-state index is -0.296. The maximum atomic E-state index is 12.5. The maximum Gasteiger partial charge on any atom is 0.266 e. The van der Waals surface area contributed by atoms with Crippen LogP contribution >= 0.6 is 22.9 Å². The van der Waals surface area contributed by atoms with E-state index in [2.05, 4.69) is 10.3 Å². The number of aryl methyl sites for hydroxylation is 2.